The van der Waals surface area contributed by atoms with Crippen LogP contribution in [0.2, 0.25) is 0 Å². The molecule has 1 aromatic heterocycles. The Kier molecular flexibility index (Phi) is 9.59. The third kappa shape index (κ3) is 6.69. The number of benzene rings is 1. The second-order valence-corrected chi connectivity index (χ2v) is 11.2. The maximum Gasteiger partial charge on any atom is 0.122 e. The number of aromatic hydroxyl groups is 1. The van der Waals surface area contributed by atoms with Crippen molar-refractivity contribution in [3.63, 3.8) is 0 Å². The molecule has 0 amide bonds. The monoisotopic (exact) mass is 486 g/mol. The van der Waals surface area contributed by atoms with Gasteiger partial charge in [0.1, 0.15) is 5.75 Å². The number of hydrogen-bond donors (Lipinski definition) is 2. The predicted molar refractivity (Wildman–Crippen MR) is 153 cm³/mol. The van der Waals surface area contributed by atoms with Gasteiger partial charge in [-0.1, -0.05) is 83.5 Å². The minimum atomic E-state index is 0.374. The summed E-state index contributed by atoms with van der Waals surface area (Å²) in [6.45, 7) is 20.2. The van der Waals surface area contributed by atoms with Crippen molar-refractivity contribution in [3.8, 4) is 5.75 Å². The second kappa shape index (κ2) is 12.4. The zero-order valence-corrected chi connectivity index (χ0v) is 23.5. The number of aromatic nitrogens is 1. The van der Waals surface area contributed by atoms with Gasteiger partial charge in [0, 0.05) is 23.4 Å². The molecule has 1 aromatic carbocycles. The summed E-state index contributed by atoms with van der Waals surface area (Å²) in [5.41, 5.74) is 8.98. The minimum absolute atomic E-state index is 0.374. The van der Waals surface area contributed by atoms with Crippen molar-refractivity contribution in [2.24, 2.45) is 17.8 Å². The summed E-state index contributed by atoms with van der Waals surface area (Å²) < 4.78 is 0. The Morgan fingerprint density at radius 1 is 1.14 bits per heavy atom. The number of nitrogens with zero attached hydrogens (tertiary/aromatic N) is 1. The normalized spacial score (nSPS) is 19.1. The highest BCUT2D eigenvalue weighted by molar-refractivity contribution is 5.47. The number of nitrogens with one attached hydrogen (secondary N) is 1. The summed E-state index contributed by atoms with van der Waals surface area (Å²) in [5.74, 6) is 2.46. The van der Waals surface area contributed by atoms with Crippen molar-refractivity contribution >= 4 is 0 Å². The maximum absolute atomic E-state index is 11.2. The molecule has 3 nitrogen and oxygen atoms in total. The third-order valence-electron chi connectivity index (χ3n) is 7.53. The molecule has 2 aromatic rings. The van der Waals surface area contributed by atoms with E-state index < -0.39 is 0 Å². The number of phenols is 1. The first-order valence-corrected chi connectivity index (χ1v) is 13.7. The van der Waals surface area contributed by atoms with Gasteiger partial charge in [-0.25, -0.2) is 0 Å². The van der Waals surface area contributed by atoms with Gasteiger partial charge >= 0.3 is 0 Å². The highest BCUT2D eigenvalue weighted by Gasteiger charge is 2.26. The molecule has 1 heterocycles. The smallest absolute Gasteiger partial charge is 0.122 e. The van der Waals surface area contributed by atoms with E-state index in [0.29, 0.717) is 36.5 Å². The van der Waals surface area contributed by atoms with E-state index >= 15 is 0 Å². The van der Waals surface area contributed by atoms with Crippen molar-refractivity contribution < 1.29 is 5.11 Å². The van der Waals surface area contributed by atoms with E-state index in [1.807, 2.05) is 6.08 Å². The van der Waals surface area contributed by atoms with Crippen LogP contribution in [0.4, 0.5) is 0 Å². The third-order valence-corrected chi connectivity index (χ3v) is 7.53. The fourth-order valence-corrected chi connectivity index (χ4v) is 5.68. The zero-order valence-electron chi connectivity index (χ0n) is 23.5. The highest BCUT2D eigenvalue weighted by atomic mass is 16.3. The SMILES string of the molecule is C=C/C(=C(NCc1cccc(Cc2cc(C)cc(C3CCC(C)C3)c2O)n1)\C(=C/C)C(C)C)C(C)C. The van der Waals surface area contributed by atoms with Crippen LogP contribution < -0.4 is 5.32 Å². The van der Waals surface area contributed by atoms with E-state index in [1.54, 1.807) is 0 Å². The molecule has 2 N–H and O–H groups in total. The first-order chi connectivity index (χ1) is 17.1. The Hall–Kier alpha value is -2.81. The standard InChI is InChI=1S/C33H46N2O/c1-9-29(21(3)4)32(30(10-2)22(5)6)34-20-28-13-11-12-27(35-28)19-26-17-24(8)18-31(33(26)36)25-15-14-23(7)16-25/h9-13,17-18,21-23,25,34,36H,1,14-16,19-20H2,2-8H3/b30-10-,32-29-. The molecule has 1 aliphatic rings. The molecule has 194 valence electrons. The number of phenolic OH excluding ortho intramolecular Hbond substituents is 1. The van der Waals surface area contributed by atoms with E-state index in [4.69, 9.17) is 4.98 Å². The van der Waals surface area contributed by atoms with Gasteiger partial charge in [-0.15, -0.1) is 0 Å². The largest absolute Gasteiger partial charge is 0.507 e. The fourth-order valence-electron chi connectivity index (χ4n) is 5.68. The van der Waals surface area contributed by atoms with Crippen LogP contribution in [0.1, 0.15) is 94.8 Å². The van der Waals surface area contributed by atoms with Gasteiger partial charge in [-0.05, 0) is 79.2 Å². The van der Waals surface area contributed by atoms with E-state index in [2.05, 4.69) is 96.8 Å². The Balaban J connectivity index is 1.84. The minimum Gasteiger partial charge on any atom is -0.507 e. The lowest BCUT2D eigenvalue weighted by Crippen LogP contribution is -2.21. The van der Waals surface area contributed by atoms with Gasteiger partial charge in [0.2, 0.25) is 0 Å². The van der Waals surface area contributed by atoms with Gasteiger partial charge in [0.15, 0.2) is 0 Å². The van der Waals surface area contributed by atoms with Gasteiger partial charge in [0.25, 0.3) is 0 Å². The number of hydrogen-bond acceptors (Lipinski definition) is 3. The van der Waals surface area contributed by atoms with Gasteiger partial charge in [-0.2, -0.15) is 0 Å². The van der Waals surface area contributed by atoms with Gasteiger partial charge < -0.3 is 10.4 Å². The van der Waals surface area contributed by atoms with Crippen LogP contribution in [0.3, 0.4) is 0 Å². The molecule has 0 spiro atoms. The van der Waals surface area contributed by atoms with Crippen molar-refractivity contribution in [1.82, 2.24) is 10.3 Å². The molecule has 3 rings (SSSR count). The van der Waals surface area contributed by atoms with Crippen molar-refractivity contribution in [2.75, 3.05) is 0 Å². The molecule has 0 bridgehead atoms. The summed E-state index contributed by atoms with van der Waals surface area (Å²) in [5, 5.41) is 14.9. The quantitative estimate of drug-likeness (QED) is 0.332. The fraction of sp³-hybridized carbons (Fsp3) is 0.485. The first-order valence-electron chi connectivity index (χ1n) is 13.7. The summed E-state index contributed by atoms with van der Waals surface area (Å²) in [6, 6.07) is 10.5. The summed E-state index contributed by atoms with van der Waals surface area (Å²) >= 11 is 0. The van der Waals surface area contributed by atoms with Gasteiger partial charge in [-0.3, -0.25) is 4.98 Å². The second-order valence-electron chi connectivity index (χ2n) is 11.2. The lowest BCUT2D eigenvalue weighted by atomic mass is 9.91. The molecule has 3 heteroatoms. The van der Waals surface area contributed by atoms with Gasteiger partial charge in [0.05, 0.1) is 12.2 Å². The molecular weight excluding hydrogens is 440 g/mol. The molecule has 36 heavy (non-hydrogen) atoms. The first kappa shape index (κ1) is 27.8. The maximum atomic E-state index is 11.2. The average Bonchev–Trinajstić information content (AvgIpc) is 3.26. The number of pyridine rings is 1. The molecule has 0 saturated heterocycles. The summed E-state index contributed by atoms with van der Waals surface area (Å²) in [7, 11) is 0. The molecule has 2 atom stereocenters. The number of allylic oxidation sites excluding steroid dienone is 4. The Morgan fingerprint density at radius 2 is 1.86 bits per heavy atom. The van der Waals surface area contributed by atoms with Crippen LogP contribution in [0.25, 0.3) is 0 Å². The van der Waals surface area contributed by atoms with Crippen molar-refractivity contribution in [2.45, 2.75) is 86.6 Å². The number of rotatable bonds is 10. The zero-order chi connectivity index (χ0) is 26.4. The molecular formula is C33H46N2O. The average molecular weight is 487 g/mol. The molecule has 2 unspecified atom stereocenters. The van der Waals surface area contributed by atoms with E-state index in [1.165, 1.54) is 36.0 Å². The Labute approximate surface area is 219 Å². The van der Waals surface area contributed by atoms with Crippen molar-refractivity contribution in [3.05, 3.63) is 94.0 Å². The topological polar surface area (TPSA) is 45.1 Å². The molecule has 0 aliphatic heterocycles. The van der Waals surface area contributed by atoms with Crippen molar-refractivity contribution in [1.29, 1.82) is 0 Å². The van der Waals surface area contributed by atoms with E-state index in [9.17, 15) is 5.11 Å². The lowest BCUT2D eigenvalue weighted by Gasteiger charge is -2.23. The van der Waals surface area contributed by atoms with Crippen LogP contribution in [0.15, 0.2) is 65.9 Å². The lowest BCUT2D eigenvalue weighted by molar-refractivity contribution is 0.453. The van der Waals surface area contributed by atoms with Crippen LogP contribution in [0, 0.1) is 24.7 Å². The number of aryl methyl sites for hydroxylation is 1. The molecule has 1 fully saturated rings. The highest BCUT2D eigenvalue weighted by Crippen LogP contribution is 2.43. The predicted octanol–water partition coefficient (Wildman–Crippen LogP) is 8.38. The van der Waals surface area contributed by atoms with Crippen LogP contribution in [-0.4, -0.2) is 10.1 Å². The molecule has 1 saturated carbocycles. The van der Waals surface area contributed by atoms with Crippen LogP contribution in [-0.2, 0) is 13.0 Å². The van der Waals surface area contributed by atoms with E-state index in [-0.39, 0.29) is 0 Å². The molecule has 1 aliphatic carbocycles. The van der Waals surface area contributed by atoms with Crippen LogP contribution in [0.5, 0.6) is 5.75 Å². The van der Waals surface area contributed by atoms with Crippen LogP contribution >= 0.6 is 0 Å². The Morgan fingerprint density at radius 3 is 2.44 bits per heavy atom. The molecule has 0 radical (unpaired) electrons. The van der Waals surface area contributed by atoms with E-state index in [0.717, 1.165) is 34.1 Å². The summed E-state index contributed by atoms with van der Waals surface area (Å²) in [6.07, 6.45) is 8.39. The Bertz CT molecular complexity index is 1120. The summed E-state index contributed by atoms with van der Waals surface area (Å²) in [4.78, 5) is 4.97.